The number of aromatic nitrogens is 1. The van der Waals surface area contributed by atoms with Crippen LogP contribution in [0.25, 0.3) is 0 Å². The summed E-state index contributed by atoms with van der Waals surface area (Å²) in [6.07, 6.45) is 10.6. The van der Waals surface area contributed by atoms with Gasteiger partial charge >= 0.3 is 0 Å². The molecule has 1 N–H and O–H groups in total. The summed E-state index contributed by atoms with van der Waals surface area (Å²) in [5, 5.41) is 3.44. The van der Waals surface area contributed by atoms with E-state index < -0.39 is 0 Å². The number of rotatable bonds is 4. The summed E-state index contributed by atoms with van der Waals surface area (Å²) in [5.41, 5.74) is 0.637. The molecule has 1 amide bonds. The fraction of sp³-hybridized carbons (Fsp3) is 0.700. The first-order chi connectivity index (χ1) is 12.2. The quantitative estimate of drug-likeness (QED) is 0.892. The Hall–Kier alpha value is -1.23. The highest BCUT2D eigenvalue weighted by Crippen LogP contribution is 2.55. The van der Waals surface area contributed by atoms with Gasteiger partial charge in [-0.25, -0.2) is 4.98 Å². The molecular weight excluding hydrogens is 332 g/mol. The molecule has 4 bridgehead atoms. The zero-order chi connectivity index (χ0) is 16.9. The number of thioether (sulfide) groups is 1. The van der Waals surface area contributed by atoms with Crippen LogP contribution in [0.2, 0.25) is 0 Å². The third-order valence-electron chi connectivity index (χ3n) is 6.60. The lowest BCUT2D eigenvalue weighted by Crippen LogP contribution is -2.59. The number of amides is 1. The molecule has 1 aromatic heterocycles. The van der Waals surface area contributed by atoms with Gasteiger partial charge in [0.15, 0.2) is 0 Å². The Morgan fingerprint density at radius 3 is 2.56 bits per heavy atom. The highest BCUT2D eigenvalue weighted by Gasteiger charge is 2.51. The molecule has 4 aliphatic carbocycles. The minimum atomic E-state index is 0.00991. The normalized spacial score (nSPS) is 38.7. The van der Waals surface area contributed by atoms with Gasteiger partial charge in [0, 0.05) is 17.5 Å². The molecule has 6 rings (SSSR count). The molecule has 1 aliphatic heterocycles. The number of nitrogens with zero attached hydrogens (tertiary/aromatic N) is 1. The summed E-state index contributed by atoms with van der Waals surface area (Å²) < 4.78 is 6.06. The van der Waals surface area contributed by atoms with Gasteiger partial charge in [0.2, 0.25) is 5.88 Å². The number of ether oxygens (including phenoxy) is 1. The largest absolute Gasteiger partial charge is 0.473 e. The molecule has 4 nitrogen and oxygen atoms in total. The van der Waals surface area contributed by atoms with Crippen molar-refractivity contribution in [3.05, 3.63) is 23.9 Å². The van der Waals surface area contributed by atoms with Gasteiger partial charge in [-0.3, -0.25) is 4.79 Å². The van der Waals surface area contributed by atoms with Crippen LogP contribution >= 0.6 is 11.8 Å². The Morgan fingerprint density at radius 1 is 1.20 bits per heavy atom. The third-order valence-corrected chi connectivity index (χ3v) is 7.73. The van der Waals surface area contributed by atoms with Gasteiger partial charge in [0.25, 0.3) is 5.91 Å². The Morgan fingerprint density at radius 2 is 1.92 bits per heavy atom. The third kappa shape index (κ3) is 3.05. The molecule has 1 saturated heterocycles. The summed E-state index contributed by atoms with van der Waals surface area (Å²) >= 11 is 1.91. The number of carbonyl (C=O) groups is 1. The van der Waals surface area contributed by atoms with E-state index in [1.165, 1.54) is 38.5 Å². The highest BCUT2D eigenvalue weighted by molar-refractivity contribution is 7.99. The molecular formula is C20H26N2O2S. The van der Waals surface area contributed by atoms with Crippen molar-refractivity contribution in [2.75, 3.05) is 11.5 Å². The van der Waals surface area contributed by atoms with Crippen LogP contribution in [0.3, 0.4) is 0 Å². The lowest BCUT2D eigenvalue weighted by molar-refractivity contribution is -0.0167. The molecule has 1 aromatic rings. The average molecular weight is 359 g/mol. The Kier molecular flexibility index (Phi) is 3.95. The van der Waals surface area contributed by atoms with Crippen molar-refractivity contribution < 1.29 is 9.53 Å². The molecule has 5 heteroatoms. The van der Waals surface area contributed by atoms with Crippen molar-refractivity contribution in [3.63, 3.8) is 0 Å². The van der Waals surface area contributed by atoms with E-state index in [-0.39, 0.29) is 17.6 Å². The number of carbonyl (C=O) groups excluding carboxylic acids is 1. The maximum absolute atomic E-state index is 13.1. The molecule has 0 radical (unpaired) electrons. The molecule has 0 aromatic carbocycles. The number of nitrogens with one attached hydrogen (secondary N) is 1. The van der Waals surface area contributed by atoms with E-state index in [1.54, 1.807) is 6.20 Å². The van der Waals surface area contributed by atoms with E-state index in [0.29, 0.717) is 11.4 Å². The average Bonchev–Trinajstić information content (AvgIpc) is 3.06. The van der Waals surface area contributed by atoms with Crippen molar-refractivity contribution in [1.29, 1.82) is 0 Å². The molecule has 0 spiro atoms. The summed E-state index contributed by atoms with van der Waals surface area (Å²) in [6.45, 7) is 0. The van der Waals surface area contributed by atoms with Gasteiger partial charge in [-0.2, -0.15) is 11.8 Å². The van der Waals surface area contributed by atoms with E-state index in [1.807, 2.05) is 23.9 Å². The summed E-state index contributed by atoms with van der Waals surface area (Å²) in [6, 6.07) is 3.70. The molecule has 134 valence electrons. The Balaban J connectivity index is 1.34. The molecule has 25 heavy (non-hydrogen) atoms. The van der Waals surface area contributed by atoms with Crippen LogP contribution in [0, 0.1) is 17.8 Å². The molecule has 4 saturated carbocycles. The van der Waals surface area contributed by atoms with Crippen LogP contribution in [-0.4, -0.2) is 34.0 Å². The highest BCUT2D eigenvalue weighted by atomic mass is 32.2. The molecule has 5 fully saturated rings. The topological polar surface area (TPSA) is 51.2 Å². The number of hydrogen-bond acceptors (Lipinski definition) is 4. The predicted octanol–water partition coefficient (Wildman–Crippen LogP) is 3.66. The van der Waals surface area contributed by atoms with Gasteiger partial charge in [-0.05, 0) is 80.6 Å². The molecule has 1 atom stereocenters. The van der Waals surface area contributed by atoms with Gasteiger partial charge < -0.3 is 10.1 Å². The van der Waals surface area contributed by atoms with Crippen LogP contribution in [0.5, 0.6) is 5.88 Å². The molecule has 1 unspecified atom stereocenters. The summed E-state index contributed by atoms with van der Waals surface area (Å²) in [5.74, 6) is 5.12. The monoisotopic (exact) mass is 358 g/mol. The fourth-order valence-corrected chi connectivity index (χ4v) is 7.09. The van der Waals surface area contributed by atoms with Gasteiger partial charge in [0.05, 0.1) is 0 Å². The first-order valence-corrected chi connectivity index (χ1v) is 10.9. The second-order valence-electron chi connectivity index (χ2n) is 8.61. The lowest BCUT2D eigenvalue weighted by Gasteiger charge is -2.56. The van der Waals surface area contributed by atoms with Gasteiger partial charge in [-0.15, -0.1) is 0 Å². The minimum Gasteiger partial charge on any atom is -0.473 e. The fourth-order valence-electron chi connectivity index (χ4n) is 5.99. The first-order valence-electron chi connectivity index (χ1n) is 9.71. The number of hydrogen-bond donors (Lipinski definition) is 1. The first kappa shape index (κ1) is 16.0. The van der Waals surface area contributed by atoms with Crippen molar-refractivity contribution >= 4 is 17.7 Å². The van der Waals surface area contributed by atoms with Crippen molar-refractivity contribution in [1.82, 2.24) is 10.3 Å². The molecule has 2 heterocycles. The maximum Gasteiger partial charge on any atom is 0.257 e. The van der Waals surface area contributed by atoms with E-state index >= 15 is 0 Å². The predicted molar refractivity (Wildman–Crippen MR) is 99.0 cm³/mol. The zero-order valence-electron chi connectivity index (χ0n) is 14.6. The van der Waals surface area contributed by atoms with Gasteiger partial charge in [-0.1, -0.05) is 0 Å². The smallest absolute Gasteiger partial charge is 0.257 e. The van der Waals surface area contributed by atoms with Crippen LogP contribution < -0.4 is 10.1 Å². The van der Waals surface area contributed by atoms with Crippen molar-refractivity contribution in [2.45, 2.75) is 56.6 Å². The van der Waals surface area contributed by atoms with E-state index in [9.17, 15) is 4.79 Å². The van der Waals surface area contributed by atoms with Gasteiger partial charge in [0.1, 0.15) is 11.7 Å². The summed E-state index contributed by atoms with van der Waals surface area (Å²) in [4.78, 5) is 17.5. The van der Waals surface area contributed by atoms with Crippen LogP contribution in [0.1, 0.15) is 55.3 Å². The van der Waals surface area contributed by atoms with E-state index in [2.05, 4.69) is 10.3 Å². The SMILES string of the molecule is O=C(NC12CC3CC(CC(C3)C1)C2)c1cccnc1OC1CCSC1. The van der Waals surface area contributed by atoms with Crippen molar-refractivity contribution in [3.8, 4) is 5.88 Å². The van der Waals surface area contributed by atoms with Crippen LogP contribution in [-0.2, 0) is 0 Å². The Labute approximate surface area is 153 Å². The number of pyridine rings is 1. The lowest BCUT2D eigenvalue weighted by atomic mass is 9.53. The summed E-state index contributed by atoms with van der Waals surface area (Å²) in [7, 11) is 0. The second kappa shape index (κ2) is 6.19. The van der Waals surface area contributed by atoms with Crippen molar-refractivity contribution in [2.24, 2.45) is 17.8 Å². The maximum atomic E-state index is 13.1. The second-order valence-corrected chi connectivity index (χ2v) is 9.76. The Bertz CT molecular complexity index is 636. The van der Waals surface area contributed by atoms with Crippen LogP contribution in [0.4, 0.5) is 0 Å². The standard InChI is InChI=1S/C20H26N2O2S/c23-18(17-2-1-4-21-19(17)24-16-3-5-25-12-16)22-20-9-13-6-14(10-20)8-15(7-13)11-20/h1-2,4,13-16H,3,5-12H2,(H,22,23). The van der Waals surface area contributed by atoms with Crippen LogP contribution in [0.15, 0.2) is 18.3 Å². The zero-order valence-corrected chi connectivity index (χ0v) is 15.4. The minimum absolute atomic E-state index is 0.00991. The molecule has 5 aliphatic rings. The van der Waals surface area contributed by atoms with E-state index in [0.717, 1.165) is 35.7 Å². The van der Waals surface area contributed by atoms with E-state index in [4.69, 9.17) is 4.74 Å².